The van der Waals surface area contributed by atoms with E-state index in [9.17, 15) is 18.8 Å². The van der Waals surface area contributed by atoms with Crippen LogP contribution < -0.4 is 36.0 Å². The van der Waals surface area contributed by atoms with E-state index < -0.39 is 17.9 Å². The number of nitrogens with zero attached hydrogens (tertiary/aromatic N) is 6. The molecule has 4 aromatic rings. The van der Waals surface area contributed by atoms with Gasteiger partial charge < -0.3 is 35.3 Å². The molecule has 3 N–H and O–H groups in total. The van der Waals surface area contributed by atoms with Gasteiger partial charge in [-0.25, -0.2) is 23.6 Å². The number of methoxy groups -OCH3 is 2. The minimum atomic E-state index is -0.837. The third kappa shape index (κ3) is 6.43. The second kappa shape index (κ2) is 13.8. The van der Waals surface area contributed by atoms with Gasteiger partial charge in [0.25, 0.3) is 5.56 Å². The van der Waals surface area contributed by atoms with Crippen LogP contribution in [0.5, 0.6) is 11.5 Å². The molecule has 4 amide bonds. The predicted octanol–water partition coefficient (Wildman–Crippen LogP) is 3.76. The van der Waals surface area contributed by atoms with Gasteiger partial charge in [0.05, 0.1) is 49.9 Å². The quantitative estimate of drug-likeness (QED) is 0.306. The van der Waals surface area contributed by atoms with Gasteiger partial charge in [0, 0.05) is 44.0 Å². The fourth-order valence-corrected chi connectivity index (χ4v) is 6.24. The Balaban J connectivity index is 1.40. The van der Waals surface area contributed by atoms with Gasteiger partial charge in [-0.3, -0.25) is 9.69 Å². The Kier molecular flexibility index (Phi) is 9.35. The van der Waals surface area contributed by atoms with Crippen molar-refractivity contribution in [3.05, 3.63) is 88.7 Å². The Labute approximate surface area is 277 Å². The zero-order chi connectivity index (χ0) is 33.9. The SMILES string of the molecule is COc1ccc(N(C(=O)Nc2ccc(F)cc2)C(C)c2nc3ccccc3c(=O)n2N2CCN(C(=O)N3CC[C@H](N)C3)CC2)c(OC)c1. The molecule has 1 aromatic heterocycles. The van der Waals surface area contributed by atoms with Crippen molar-refractivity contribution < 1.29 is 23.5 Å². The van der Waals surface area contributed by atoms with Crippen LogP contribution in [0.25, 0.3) is 10.9 Å². The highest BCUT2D eigenvalue weighted by Gasteiger charge is 2.34. The largest absolute Gasteiger partial charge is 0.497 e. The molecule has 48 heavy (non-hydrogen) atoms. The lowest BCUT2D eigenvalue weighted by atomic mass is 10.1. The van der Waals surface area contributed by atoms with E-state index in [-0.39, 0.29) is 17.6 Å². The third-order valence-electron chi connectivity index (χ3n) is 8.81. The van der Waals surface area contributed by atoms with Gasteiger partial charge in [-0.05, 0) is 61.9 Å². The van der Waals surface area contributed by atoms with Crippen LogP contribution in [0.1, 0.15) is 25.2 Å². The summed E-state index contributed by atoms with van der Waals surface area (Å²) in [6.45, 7) is 4.42. The van der Waals surface area contributed by atoms with Gasteiger partial charge in [-0.1, -0.05) is 12.1 Å². The molecule has 0 aliphatic carbocycles. The van der Waals surface area contributed by atoms with Crippen LogP contribution in [0.3, 0.4) is 0 Å². The molecule has 2 atom stereocenters. The summed E-state index contributed by atoms with van der Waals surface area (Å²) in [7, 11) is 3.01. The zero-order valence-electron chi connectivity index (χ0n) is 27.1. The molecule has 0 spiro atoms. The summed E-state index contributed by atoms with van der Waals surface area (Å²) in [4.78, 5) is 51.6. The van der Waals surface area contributed by atoms with E-state index in [1.807, 2.05) is 5.01 Å². The number of carbonyl (C=O) groups excluding carboxylic acids is 2. The molecular formula is C34H39FN8O5. The smallest absolute Gasteiger partial charge is 0.327 e. The molecule has 2 aliphatic heterocycles. The van der Waals surface area contributed by atoms with Crippen LogP contribution in [-0.2, 0) is 0 Å². The zero-order valence-corrected chi connectivity index (χ0v) is 27.1. The van der Waals surface area contributed by atoms with E-state index in [1.54, 1.807) is 59.2 Å². The first-order chi connectivity index (χ1) is 23.2. The summed E-state index contributed by atoms with van der Waals surface area (Å²) >= 11 is 0. The monoisotopic (exact) mass is 658 g/mol. The van der Waals surface area contributed by atoms with Crippen LogP contribution in [0.4, 0.5) is 25.4 Å². The standard InChI is InChI=1S/C34H39FN8O5/c1-22(42(29-13-12-26(47-2)20-30(29)48-3)33(45)37-25-10-8-23(35)9-11-25)31-38-28-7-5-4-6-27(28)32(44)43(31)41-18-16-39(17-19-41)34(46)40-15-14-24(36)21-40/h4-13,20,22,24H,14-19,21,36H2,1-3H3,(H,37,45)/t22?,24-/m0/s1. The summed E-state index contributed by atoms with van der Waals surface area (Å²) in [5.41, 5.74) is 6.97. The number of nitrogens with two attached hydrogens (primary N) is 1. The number of nitrogens with one attached hydrogen (secondary N) is 1. The molecule has 0 bridgehead atoms. The van der Waals surface area contributed by atoms with Crippen LogP contribution in [-0.4, -0.2) is 91.1 Å². The number of para-hydroxylation sites is 1. The molecule has 0 saturated carbocycles. The van der Waals surface area contributed by atoms with E-state index in [4.69, 9.17) is 20.2 Å². The van der Waals surface area contributed by atoms with Crippen molar-refractivity contribution in [1.82, 2.24) is 19.5 Å². The maximum Gasteiger partial charge on any atom is 0.327 e. The Bertz CT molecular complexity index is 1860. The molecule has 3 aromatic carbocycles. The number of hydrogen-bond acceptors (Lipinski definition) is 8. The number of aromatic nitrogens is 2. The van der Waals surface area contributed by atoms with Crippen molar-refractivity contribution in [2.75, 3.05) is 68.7 Å². The van der Waals surface area contributed by atoms with Crippen molar-refractivity contribution >= 4 is 34.3 Å². The number of fused-ring (bicyclic) bond motifs is 1. The molecule has 2 aliphatic rings. The average molecular weight is 659 g/mol. The molecule has 3 heterocycles. The molecule has 0 radical (unpaired) electrons. The molecule has 2 saturated heterocycles. The third-order valence-corrected chi connectivity index (χ3v) is 8.81. The Morgan fingerprint density at radius 2 is 1.71 bits per heavy atom. The maximum atomic E-state index is 14.3. The number of hydrogen-bond donors (Lipinski definition) is 2. The van der Waals surface area contributed by atoms with Crippen LogP contribution >= 0.6 is 0 Å². The Morgan fingerprint density at radius 1 is 0.979 bits per heavy atom. The number of carbonyl (C=O) groups is 2. The summed E-state index contributed by atoms with van der Waals surface area (Å²) in [6, 6.07) is 16.0. The molecular weight excluding hydrogens is 619 g/mol. The number of amides is 4. The second-order valence-electron chi connectivity index (χ2n) is 11.8. The topological polar surface area (TPSA) is 138 Å². The Hall–Kier alpha value is -5.37. The number of piperazine rings is 1. The summed E-state index contributed by atoms with van der Waals surface area (Å²) in [5.74, 6) is 0.728. The first kappa shape index (κ1) is 32.6. The second-order valence-corrected chi connectivity index (χ2v) is 11.8. The van der Waals surface area contributed by atoms with Crippen molar-refractivity contribution in [2.45, 2.75) is 25.4 Å². The first-order valence-corrected chi connectivity index (χ1v) is 15.8. The maximum absolute atomic E-state index is 14.3. The average Bonchev–Trinajstić information content (AvgIpc) is 3.55. The van der Waals surface area contributed by atoms with E-state index in [0.717, 1.165) is 6.42 Å². The van der Waals surface area contributed by atoms with Gasteiger partial charge >= 0.3 is 12.1 Å². The number of likely N-dealkylation sites (tertiary alicyclic amines) is 1. The van der Waals surface area contributed by atoms with Crippen molar-refractivity contribution in [3.63, 3.8) is 0 Å². The summed E-state index contributed by atoms with van der Waals surface area (Å²) < 4.78 is 26.3. The molecule has 252 valence electrons. The molecule has 6 rings (SSSR count). The number of rotatable bonds is 7. The van der Waals surface area contributed by atoms with E-state index in [1.165, 1.54) is 48.1 Å². The fraction of sp³-hybridized carbons (Fsp3) is 0.353. The molecule has 14 heteroatoms. The highest BCUT2D eigenvalue weighted by atomic mass is 19.1. The van der Waals surface area contributed by atoms with Gasteiger partial charge in [-0.2, -0.15) is 0 Å². The van der Waals surface area contributed by atoms with Crippen LogP contribution in [0.2, 0.25) is 0 Å². The van der Waals surface area contributed by atoms with Gasteiger partial charge in [0.2, 0.25) is 0 Å². The van der Waals surface area contributed by atoms with Crippen molar-refractivity contribution in [2.24, 2.45) is 5.73 Å². The van der Waals surface area contributed by atoms with E-state index in [0.29, 0.717) is 78.9 Å². The number of benzene rings is 3. The molecule has 2 fully saturated rings. The number of anilines is 2. The Morgan fingerprint density at radius 3 is 2.38 bits per heavy atom. The highest BCUT2D eigenvalue weighted by Crippen LogP contribution is 2.37. The van der Waals surface area contributed by atoms with Gasteiger partial charge in [-0.15, -0.1) is 0 Å². The normalized spacial score (nSPS) is 16.9. The number of ether oxygens (including phenoxy) is 2. The number of urea groups is 2. The van der Waals surface area contributed by atoms with E-state index >= 15 is 0 Å². The van der Waals surface area contributed by atoms with Crippen LogP contribution in [0, 0.1) is 5.82 Å². The highest BCUT2D eigenvalue weighted by molar-refractivity contribution is 6.03. The first-order valence-electron chi connectivity index (χ1n) is 15.8. The summed E-state index contributed by atoms with van der Waals surface area (Å²) in [6.07, 6.45) is 0.773. The molecule has 13 nitrogen and oxygen atoms in total. The fourth-order valence-electron chi connectivity index (χ4n) is 6.24. The van der Waals surface area contributed by atoms with Crippen molar-refractivity contribution in [1.29, 1.82) is 0 Å². The van der Waals surface area contributed by atoms with Crippen LogP contribution in [0.15, 0.2) is 71.5 Å². The predicted molar refractivity (Wildman–Crippen MR) is 181 cm³/mol. The van der Waals surface area contributed by atoms with Crippen molar-refractivity contribution in [3.8, 4) is 11.5 Å². The lowest BCUT2D eigenvalue weighted by Gasteiger charge is -2.40. The minimum absolute atomic E-state index is 0.0194. The lowest BCUT2D eigenvalue weighted by molar-refractivity contribution is 0.155. The minimum Gasteiger partial charge on any atom is -0.497 e. The van der Waals surface area contributed by atoms with E-state index in [2.05, 4.69) is 5.32 Å². The lowest BCUT2D eigenvalue weighted by Crippen LogP contribution is -2.58. The van der Waals surface area contributed by atoms with Gasteiger partial charge in [0.15, 0.2) is 5.82 Å². The summed E-state index contributed by atoms with van der Waals surface area (Å²) in [5, 5.41) is 5.13. The van der Waals surface area contributed by atoms with Gasteiger partial charge in [0.1, 0.15) is 17.3 Å². The number of halogens is 1. The molecule has 1 unspecified atom stereocenters.